The summed E-state index contributed by atoms with van der Waals surface area (Å²) in [6, 6.07) is 30.1. The molecule has 0 amide bonds. The van der Waals surface area contributed by atoms with Gasteiger partial charge in [0.2, 0.25) is 5.88 Å². The number of hydrogen-bond donors (Lipinski definition) is 0. The van der Waals surface area contributed by atoms with E-state index in [4.69, 9.17) is 21.1 Å². The summed E-state index contributed by atoms with van der Waals surface area (Å²) in [7, 11) is 0. The number of nitriles is 1. The first-order chi connectivity index (χ1) is 14.2. The van der Waals surface area contributed by atoms with Gasteiger partial charge in [0.15, 0.2) is 5.15 Å². The molecule has 0 saturated carbocycles. The maximum absolute atomic E-state index is 9.55. The van der Waals surface area contributed by atoms with Gasteiger partial charge in [0.05, 0.1) is 5.56 Å². The van der Waals surface area contributed by atoms with Crippen LogP contribution in [0.15, 0.2) is 91.0 Å². The van der Waals surface area contributed by atoms with Gasteiger partial charge in [-0.2, -0.15) is 10.2 Å². The van der Waals surface area contributed by atoms with Gasteiger partial charge >= 0.3 is 0 Å². The van der Waals surface area contributed by atoms with E-state index in [1.165, 1.54) is 0 Å². The number of para-hydroxylation sites is 2. The van der Waals surface area contributed by atoms with Crippen LogP contribution in [0.5, 0.6) is 23.1 Å². The maximum Gasteiger partial charge on any atom is 0.221 e. The summed E-state index contributed by atoms with van der Waals surface area (Å²) >= 11 is 6.25. The fraction of sp³-hybridized carbons (Fsp3) is 0. The minimum Gasteiger partial charge on any atom is -0.457 e. The number of rotatable bonds is 5. The van der Waals surface area contributed by atoms with Crippen molar-refractivity contribution in [1.82, 2.24) is 4.98 Å². The molecule has 5 heteroatoms. The Labute approximate surface area is 173 Å². The number of halogens is 1. The Morgan fingerprint density at radius 3 is 1.86 bits per heavy atom. The highest BCUT2D eigenvalue weighted by molar-refractivity contribution is 6.31. The molecule has 0 N–H and O–H groups in total. The Bertz CT molecular complexity index is 1160. The van der Waals surface area contributed by atoms with E-state index in [0.717, 1.165) is 11.3 Å². The van der Waals surface area contributed by atoms with Gasteiger partial charge in [0.25, 0.3) is 0 Å². The molecule has 140 valence electrons. The predicted molar refractivity (Wildman–Crippen MR) is 112 cm³/mol. The lowest BCUT2D eigenvalue weighted by Gasteiger charge is -2.11. The van der Waals surface area contributed by atoms with Crippen LogP contribution in [0, 0.1) is 11.3 Å². The summed E-state index contributed by atoms with van der Waals surface area (Å²) in [6.07, 6.45) is 0. The van der Waals surface area contributed by atoms with E-state index >= 15 is 0 Å². The van der Waals surface area contributed by atoms with Crippen LogP contribution in [0.4, 0.5) is 0 Å². The van der Waals surface area contributed by atoms with Crippen molar-refractivity contribution in [2.75, 3.05) is 0 Å². The summed E-state index contributed by atoms with van der Waals surface area (Å²) in [6.45, 7) is 0. The quantitative estimate of drug-likeness (QED) is 0.344. The molecule has 0 bridgehead atoms. The number of nitrogens with zero attached hydrogens (tertiary/aromatic N) is 2. The predicted octanol–water partition coefficient (Wildman–Crippen LogP) is 6.86. The minimum atomic E-state index is 0.0977. The molecular formula is C24H15ClN2O2. The Morgan fingerprint density at radius 2 is 1.28 bits per heavy atom. The van der Waals surface area contributed by atoms with E-state index in [1.54, 1.807) is 6.07 Å². The summed E-state index contributed by atoms with van der Waals surface area (Å²) < 4.78 is 11.6. The SMILES string of the molecule is N#Cc1c(-c2ccc(Oc3ccccc3)cc2)cc(Oc2ccccc2)nc1Cl. The Balaban J connectivity index is 1.65. The second-order valence-corrected chi connectivity index (χ2v) is 6.50. The minimum absolute atomic E-state index is 0.0977. The lowest BCUT2D eigenvalue weighted by molar-refractivity contribution is 0.463. The molecule has 0 saturated heterocycles. The second-order valence-electron chi connectivity index (χ2n) is 6.14. The largest absolute Gasteiger partial charge is 0.457 e. The van der Waals surface area contributed by atoms with Crippen LogP contribution in [0.3, 0.4) is 0 Å². The first-order valence-corrected chi connectivity index (χ1v) is 9.27. The third kappa shape index (κ3) is 4.37. The molecule has 4 rings (SSSR count). The van der Waals surface area contributed by atoms with Gasteiger partial charge in [-0.05, 0) is 42.0 Å². The third-order valence-electron chi connectivity index (χ3n) is 4.17. The third-order valence-corrected chi connectivity index (χ3v) is 4.45. The first-order valence-electron chi connectivity index (χ1n) is 8.90. The first kappa shape index (κ1) is 18.5. The molecule has 0 fully saturated rings. The highest BCUT2D eigenvalue weighted by Gasteiger charge is 2.14. The van der Waals surface area contributed by atoms with E-state index in [-0.39, 0.29) is 5.15 Å². The molecule has 4 aromatic rings. The number of aromatic nitrogens is 1. The number of pyridine rings is 1. The zero-order valence-electron chi connectivity index (χ0n) is 15.2. The van der Waals surface area contributed by atoms with Gasteiger partial charge in [-0.25, -0.2) is 0 Å². The summed E-state index contributed by atoms with van der Waals surface area (Å²) in [5.74, 6) is 2.40. The monoisotopic (exact) mass is 398 g/mol. The molecule has 0 aliphatic carbocycles. The second kappa shape index (κ2) is 8.47. The molecule has 0 aliphatic heterocycles. The van der Waals surface area contributed by atoms with Gasteiger partial charge in [0.1, 0.15) is 23.3 Å². The topological polar surface area (TPSA) is 55.1 Å². The fourth-order valence-electron chi connectivity index (χ4n) is 2.81. The van der Waals surface area contributed by atoms with Crippen LogP contribution >= 0.6 is 11.6 Å². The average Bonchev–Trinajstić information content (AvgIpc) is 2.75. The zero-order chi connectivity index (χ0) is 20.1. The molecule has 1 aromatic heterocycles. The van der Waals surface area contributed by atoms with Crippen LogP contribution in [0.25, 0.3) is 11.1 Å². The van der Waals surface area contributed by atoms with Crippen molar-refractivity contribution in [2.45, 2.75) is 0 Å². The van der Waals surface area contributed by atoms with Crippen LogP contribution in [0.2, 0.25) is 5.15 Å². The lowest BCUT2D eigenvalue weighted by atomic mass is 10.0. The van der Waals surface area contributed by atoms with Crippen molar-refractivity contribution in [2.24, 2.45) is 0 Å². The van der Waals surface area contributed by atoms with Crippen molar-refractivity contribution in [1.29, 1.82) is 5.26 Å². The van der Waals surface area contributed by atoms with Crippen molar-refractivity contribution in [3.8, 4) is 40.3 Å². The van der Waals surface area contributed by atoms with E-state index in [2.05, 4.69) is 11.1 Å². The smallest absolute Gasteiger partial charge is 0.221 e. The van der Waals surface area contributed by atoms with Crippen molar-refractivity contribution < 1.29 is 9.47 Å². The molecule has 0 aliphatic rings. The molecule has 4 nitrogen and oxygen atoms in total. The van der Waals surface area contributed by atoms with Crippen LogP contribution in [0.1, 0.15) is 5.56 Å². The Kier molecular flexibility index (Phi) is 5.42. The summed E-state index contributed by atoms with van der Waals surface area (Å²) in [4.78, 5) is 4.19. The van der Waals surface area contributed by atoms with E-state index in [0.29, 0.717) is 28.5 Å². The van der Waals surface area contributed by atoms with Crippen molar-refractivity contribution >= 4 is 11.6 Å². The zero-order valence-corrected chi connectivity index (χ0v) is 16.0. The van der Waals surface area contributed by atoms with Crippen molar-refractivity contribution in [3.05, 3.63) is 102 Å². The van der Waals surface area contributed by atoms with Crippen LogP contribution < -0.4 is 9.47 Å². The average molecular weight is 399 g/mol. The Morgan fingerprint density at radius 1 is 0.724 bits per heavy atom. The van der Waals surface area contributed by atoms with Crippen molar-refractivity contribution in [3.63, 3.8) is 0 Å². The maximum atomic E-state index is 9.55. The number of benzene rings is 3. The number of ether oxygens (including phenoxy) is 2. The molecule has 1 heterocycles. The van der Waals surface area contributed by atoms with Gasteiger partial charge in [-0.1, -0.05) is 60.1 Å². The molecule has 29 heavy (non-hydrogen) atoms. The van der Waals surface area contributed by atoms with E-state index < -0.39 is 0 Å². The lowest BCUT2D eigenvalue weighted by Crippen LogP contribution is -1.94. The van der Waals surface area contributed by atoms with Crippen LogP contribution in [-0.2, 0) is 0 Å². The van der Waals surface area contributed by atoms with Gasteiger partial charge in [-0.3, -0.25) is 0 Å². The van der Waals surface area contributed by atoms with E-state index in [9.17, 15) is 5.26 Å². The molecule has 0 spiro atoms. The van der Waals surface area contributed by atoms with Gasteiger partial charge in [-0.15, -0.1) is 0 Å². The van der Waals surface area contributed by atoms with Gasteiger partial charge < -0.3 is 9.47 Å². The van der Waals surface area contributed by atoms with Crippen LogP contribution in [-0.4, -0.2) is 4.98 Å². The van der Waals surface area contributed by atoms with Gasteiger partial charge in [0, 0.05) is 11.6 Å². The molecular weight excluding hydrogens is 384 g/mol. The Hall–Kier alpha value is -3.81. The summed E-state index contributed by atoms with van der Waals surface area (Å²) in [5, 5.41) is 9.65. The molecule has 0 radical (unpaired) electrons. The number of hydrogen-bond acceptors (Lipinski definition) is 4. The normalized spacial score (nSPS) is 10.2. The van der Waals surface area contributed by atoms with E-state index in [1.807, 2.05) is 84.9 Å². The highest BCUT2D eigenvalue weighted by atomic mass is 35.5. The fourth-order valence-corrected chi connectivity index (χ4v) is 3.04. The molecule has 3 aromatic carbocycles. The molecule has 0 unspecified atom stereocenters. The molecule has 0 atom stereocenters. The standard InChI is InChI=1S/C24H15ClN2O2/c25-24-22(16-26)21(15-23(27-24)29-19-9-5-2-6-10-19)17-11-13-20(14-12-17)28-18-7-3-1-4-8-18/h1-15H. The highest BCUT2D eigenvalue weighted by Crippen LogP contribution is 2.34. The summed E-state index contributed by atoms with van der Waals surface area (Å²) in [5.41, 5.74) is 1.75.